The first-order valence-corrected chi connectivity index (χ1v) is 21.3. The molecule has 12 aromatic rings. The van der Waals surface area contributed by atoms with Crippen molar-refractivity contribution in [3.05, 3.63) is 200 Å². The SMILES string of the molecule is c1cc(-c2nc(-c3ccc(-c4ccc5ccccc5c4)cc3)nc(-c3ccc4ccccc4c3)n2)cc(-n2c3ccccc3c3c4cccc5c4n(c32)-c2ccccc2S5)c1. The van der Waals surface area contributed by atoms with Gasteiger partial charge in [-0.3, -0.25) is 9.13 Å². The van der Waals surface area contributed by atoms with E-state index in [0.717, 1.165) is 44.5 Å². The number of aromatic nitrogens is 5. The van der Waals surface area contributed by atoms with E-state index in [1.165, 1.54) is 58.9 Å². The molecule has 0 unspecified atom stereocenters. The van der Waals surface area contributed by atoms with Crippen molar-refractivity contribution in [1.29, 1.82) is 0 Å². The standard InChI is InChI=1S/C55H33N5S/c1-3-13-38-31-40(29-25-34(38)11-1)36-23-27-37(28-24-36)52-56-53(58-54(57-52)42-30-26-35-12-2-4-14-39(35)32-42)41-15-9-16-43(33-41)59-46-19-6-5-17-44(46)50-45-18-10-22-49-51(45)60(55(50)59)47-20-7-8-21-48(47)61-49/h1-33H. The number of hydrogen-bond donors (Lipinski definition) is 0. The molecule has 0 spiro atoms. The van der Waals surface area contributed by atoms with Gasteiger partial charge in [0.15, 0.2) is 17.5 Å². The van der Waals surface area contributed by atoms with E-state index in [-0.39, 0.29) is 0 Å². The number of para-hydroxylation sites is 3. The Morgan fingerprint density at radius 2 is 0.918 bits per heavy atom. The first kappa shape index (κ1) is 34.1. The van der Waals surface area contributed by atoms with Gasteiger partial charge in [0.1, 0.15) is 5.65 Å². The van der Waals surface area contributed by atoms with Crippen LogP contribution >= 0.6 is 11.8 Å². The second-order valence-electron chi connectivity index (χ2n) is 15.7. The van der Waals surface area contributed by atoms with E-state index in [1.54, 1.807) is 0 Å². The van der Waals surface area contributed by atoms with Gasteiger partial charge in [0.25, 0.3) is 0 Å². The number of benzene rings is 9. The largest absolute Gasteiger partial charge is 0.295 e. The Labute approximate surface area is 355 Å². The number of hydrogen-bond acceptors (Lipinski definition) is 4. The minimum Gasteiger partial charge on any atom is -0.295 e. The molecule has 9 aromatic carbocycles. The molecular formula is C55H33N5S. The van der Waals surface area contributed by atoms with E-state index in [4.69, 9.17) is 15.0 Å². The van der Waals surface area contributed by atoms with Crippen molar-refractivity contribution in [3.63, 3.8) is 0 Å². The van der Waals surface area contributed by atoms with Crippen molar-refractivity contribution in [2.45, 2.75) is 9.79 Å². The van der Waals surface area contributed by atoms with Gasteiger partial charge in [-0.2, -0.15) is 0 Å². The molecule has 5 nitrogen and oxygen atoms in total. The number of rotatable bonds is 5. The van der Waals surface area contributed by atoms with E-state index in [1.807, 2.05) is 11.8 Å². The maximum absolute atomic E-state index is 5.23. The lowest BCUT2D eigenvalue weighted by atomic mass is 10.00. The second-order valence-corrected chi connectivity index (χ2v) is 16.8. The van der Waals surface area contributed by atoms with Gasteiger partial charge >= 0.3 is 0 Å². The van der Waals surface area contributed by atoms with Crippen LogP contribution in [0.15, 0.2) is 210 Å². The summed E-state index contributed by atoms with van der Waals surface area (Å²) < 4.78 is 4.89. The molecule has 0 aliphatic carbocycles. The monoisotopic (exact) mass is 795 g/mol. The van der Waals surface area contributed by atoms with E-state index in [9.17, 15) is 0 Å². The summed E-state index contributed by atoms with van der Waals surface area (Å²) in [7, 11) is 0. The van der Waals surface area contributed by atoms with Crippen LogP contribution in [0, 0.1) is 0 Å². The summed E-state index contributed by atoms with van der Waals surface area (Å²) in [5, 5.41) is 8.50. The molecular weight excluding hydrogens is 763 g/mol. The van der Waals surface area contributed by atoms with Crippen LogP contribution in [0.25, 0.3) is 111 Å². The average Bonchev–Trinajstić information content (AvgIpc) is 3.85. The quantitative estimate of drug-likeness (QED) is 0.174. The lowest BCUT2D eigenvalue weighted by Crippen LogP contribution is -2.06. The van der Waals surface area contributed by atoms with Crippen LogP contribution < -0.4 is 0 Å². The van der Waals surface area contributed by atoms with Crippen molar-refractivity contribution in [1.82, 2.24) is 24.1 Å². The highest BCUT2D eigenvalue weighted by Crippen LogP contribution is 2.49. The fourth-order valence-electron chi connectivity index (χ4n) is 9.25. The molecule has 1 aliphatic heterocycles. The van der Waals surface area contributed by atoms with Crippen LogP contribution in [0.3, 0.4) is 0 Å². The number of nitrogens with zero attached hydrogens (tertiary/aromatic N) is 5. The second kappa shape index (κ2) is 13.4. The third-order valence-corrected chi connectivity index (χ3v) is 13.2. The molecule has 0 atom stereocenters. The smallest absolute Gasteiger partial charge is 0.164 e. The van der Waals surface area contributed by atoms with Crippen molar-refractivity contribution in [2.75, 3.05) is 0 Å². The molecule has 4 heterocycles. The highest BCUT2D eigenvalue weighted by Gasteiger charge is 2.28. The molecule has 6 heteroatoms. The summed E-state index contributed by atoms with van der Waals surface area (Å²) in [6.45, 7) is 0. The molecule has 61 heavy (non-hydrogen) atoms. The maximum Gasteiger partial charge on any atom is 0.164 e. The summed E-state index contributed by atoms with van der Waals surface area (Å²) in [4.78, 5) is 18.1. The molecule has 0 N–H and O–H groups in total. The summed E-state index contributed by atoms with van der Waals surface area (Å²) in [5.41, 5.74) is 10.9. The molecule has 0 saturated heterocycles. The van der Waals surface area contributed by atoms with Crippen LogP contribution in [-0.4, -0.2) is 24.1 Å². The molecule has 0 radical (unpaired) electrons. The van der Waals surface area contributed by atoms with Gasteiger partial charge in [0.05, 0.1) is 16.7 Å². The van der Waals surface area contributed by atoms with Crippen LogP contribution in [-0.2, 0) is 0 Å². The van der Waals surface area contributed by atoms with Crippen LogP contribution in [0.4, 0.5) is 0 Å². The molecule has 13 rings (SSSR count). The fraction of sp³-hybridized carbons (Fsp3) is 0. The van der Waals surface area contributed by atoms with Gasteiger partial charge in [0, 0.05) is 48.3 Å². The average molecular weight is 796 g/mol. The number of fused-ring (bicyclic) bond motifs is 9. The fourth-order valence-corrected chi connectivity index (χ4v) is 10.3. The molecule has 0 amide bonds. The van der Waals surface area contributed by atoms with Crippen molar-refractivity contribution >= 4 is 66.1 Å². The minimum absolute atomic E-state index is 0.618. The highest BCUT2D eigenvalue weighted by atomic mass is 32.2. The Kier molecular flexibility index (Phi) is 7.47. The Hall–Kier alpha value is -7.80. The molecule has 0 saturated carbocycles. The van der Waals surface area contributed by atoms with Gasteiger partial charge in [-0.25, -0.2) is 15.0 Å². The van der Waals surface area contributed by atoms with E-state index >= 15 is 0 Å². The Balaban J connectivity index is 0.998. The van der Waals surface area contributed by atoms with Gasteiger partial charge in [-0.1, -0.05) is 163 Å². The van der Waals surface area contributed by atoms with Gasteiger partial charge in [-0.05, 0) is 81.2 Å². The van der Waals surface area contributed by atoms with Crippen LogP contribution in [0.1, 0.15) is 0 Å². The summed E-state index contributed by atoms with van der Waals surface area (Å²) in [5.74, 6) is 1.88. The van der Waals surface area contributed by atoms with E-state index in [0.29, 0.717) is 17.5 Å². The molecule has 284 valence electrons. The zero-order chi connectivity index (χ0) is 40.0. The zero-order valence-electron chi connectivity index (χ0n) is 32.7. The maximum atomic E-state index is 5.23. The Morgan fingerprint density at radius 1 is 0.361 bits per heavy atom. The Morgan fingerprint density at radius 3 is 1.70 bits per heavy atom. The van der Waals surface area contributed by atoms with Crippen LogP contribution in [0.5, 0.6) is 0 Å². The summed E-state index contributed by atoms with van der Waals surface area (Å²) >= 11 is 1.85. The zero-order valence-corrected chi connectivity index (χ0v) is 33.5. The third kappa shape index (κ3) is 5.39. The van der Waals surface area contributed by atoms with Crippen molar-refractivity contribution in [3.8, 4) is 56.7 Å². The molecule has 1 aliphatic rings. The third-order valence-electron chi connectivity index (χ3n) is 12.1. The van der Waals surface area contributed by atoms with Gasteiger partial charge in [-0.15, -0.1) is 0 Å². The lowest BCUT2D eigenvalue weighted by Gasteiger charge is -2.21. The van der Waals surface area contributed by atoms with Crippen molar-refractivity contribution in [2.24, 2.45) is 0 Å². The predicted octanol–water partition coefficient (Wildman–Crippen LogP) is 14.4. The lowest BCUT2D eigenvalue weighted by molar-refractivity contribution is 1.02. The first-order chi connectivity index (χ1) is 30.2. The molecule has 0 bridgehead atoms. The summed E-state index contributed by atoms with van der Waals surface area (Å²) in [6, 6.07) is 71.4. The first-order valence-electron chi connectivity index (χ1n) is 20.5. The van der Waals surface area contributed by atoms with E-state index in [2.05, 4.69) is 209 Å². The molecule has 0 fully saturated rings. The van der Waals surface area contributed by atoms with Crippen molar-refractivity contribution < 1.29 is 0 Å². The Bertz CT molecular complexity index is 3750. The van der Waals surface area contributed by atoms with Crippen LogP contribution in [0.2, 0.25) is 0 Å². The minimum atomic E-state index is 0.618. The van der Waals surface area contributed by atoms with Gasteiger partial charge < -0.3 is 0 Å². The molecule has 3 aromatic heterocycles. The van der Waals surface area contributed by atoms with Gasteiger partial charge in [0.2, 0.25) is 0 Å². The topological polar surface area (TPSA) is 48.5 Å². The predicted molar refractivity (Wildman–Crippen MR) is 252 cm³/mol. The van der Waals surface area contributed by atoms with E-state index < -0.39 is 0 Å². The highest BCUT2D eigenvalue weighted by molar-refractivity contribution is 7.99. The summed E-state index contributed by atoms with van der Waals surface area (Å²) in [6.07, 6.45) is 0. The normalized spacial score (nSPS) is 12.2.